The smallest absolute Gasteiger partial charge is 0.410 e. The Morgan fingerprint density at radius 1 is 0.927 bits per heavy atom. The summed E-state index contributed by atoms with van der Waals surface area (Å²) in [5, 5.41) is 3.26. The lowest BCUT2D eigenvalue weighted by molar-refractivity contribution is -0.117. The molecule has 0 saturated heterocycles. The van der Waals surface area contributed by atoms with Crippen LogP contribution in [-0.4, -0.2) is 42.6 Å². The van der Waals surface area contributed by atoms with E-state index in [4.69, 9.17) is 10.5 Å². The number of methoxy groups -OCH3 is 1. The monoisotopic (exact) mass is 552 g/mol. The molecule has 214 valence electrons. The van der Waals surface area contributed by atoms with Gasteiger partial charge in [0.05, 0.1) is 18.5 Å². The van der Waals surface area contributed by atoms with E-state index >= 15 is 0 Å². The van der Waals surface area contributed by atoms with Crippen LogP contribution in [0.3, 0.4) is 0 Å². The average Bonchev–Trinajstić information content (AvgIpc) is 3.86. The van der Waals surface area contributed by atoms with Crippen LogP contribution in [0.4, 0.5) is 16.2 Å². The van der Waals surface area contributed by atoms with Crippen molar-refractivity contribution >= 4 is 23.4 Å². The van der Waals surface area contributed by atoms with Crippen molar-refractivity contribution in [1.82, 2.24) is 4.90 Å². The van der Waals surface area contributed by atoms with Gasteiger partial charge in [0.15, 0.2) is 0 Å². The van der Waals surface area contributed by atoms with Crippen molar-refractivity contribution < 1.29 is 14.3 Å². The van der Waals surface area contributed by atoms with Crippen LogP contribution < -0.4 is 16.0 Å². The zero-order chi connectivity index (χ0) is 28.3. The van der Waals surface area contributed by atoms with Gasteiger partial charge in [-0.2, -0.15) is 0 Å². The Morgan fingerprint density at radius 2 is 1.68 bits per heavy atom. The van der Waals surface area contributed by atoms with Gasteiger partial charge in [0.25, 0.3) is 0 Å². The summed E-state index contributed by atoms with van der Waals surface area (Å²) in [5.74, 6) is 0.228. The number of hydrogen-bond acceptors (Lipinski definition) is 5. The summed E-state index contributed by atoms with van der Waals surface area (Å²) < 4.78 is 5.16. The van der Waals surface area contributed by atoms with E-state index in [1.165, 1.54) is 18.2 Å². The molecule has 7 nitrogen and oxygen atoms in total. The Balaban J connectivity index is 1.27. The van der Waals surface area contributed by atoms with Crippen molar-refractivity contribution in [3.05, 3.63) is 83.4 Å². The predicted octanol–water partition coefficient (Wildman–Crippen LogP) is 6.10. The molecule has 3 aromatic rings. The van der Waals surface area contributed by atoms with Crippen molar-refractivity contribution in [3.8, 4) is 11.1 Å². The van der Waals surface area contributed by atoms with E-state index in [1.807, 2.05) is 11.0 Å². The summed E-state index contributed by atoms with van der Waals surface area (Å²) in [7, 11) is 1.44. The van der Waals surface area contributed by atoms with Crippen LogP contribution in [0.15, 0.2) is 66.7 Å². The fourth-order valence-corrected chi connectivity index (χ4v) is 6.29. The number of nitrogens with two attached hydrogens (primary N) is 1. The second-order valence-electron chi connectivity index (χ2n) is 11.8. The molecule has 3 aromatic carbocycles. The molecule has 0 radical (unpaired) electrons. The van der Waals surface area contributed by atoms with Crippen LogP contribution in [0.1, 0.15) is 55.2 Å². The molecule has 2 aliphatic carbocycles. The Labute approximate surface area is 242 Å². The maximum absolute atomic E-state index is 12.9. The lowest BCUT2D eigenvalue weighted by atomic mass is 9.90. The zero-order valence-corrected chi connectivity index (χ0v) is 23.9. The molecule has 2 saturated carbocycles. The van der Waals surface area contributed by atoms with Crippen molar-refractivity contribution in [2.24, 2.45) is 11.7 Å². The Morgan fingerprint density at radius 3 is 2.44 bits per heavy atom. The Hall–Kier alpha value is -3.84. The molecule has 6 rings (SSSR count). The predicted molar refractivity (Wildman–Crippen MR) is 163 cm³/mol. The van der Waals surface area contributed by atoms with E-state index in [2.05, 4.69) is 70.9 Å². The number of carbonyl (C=O) groups excluding carboxylic acids is 2. The molecule has 3 aliphatic rings. The highest BCUT2D eigenvalue weighted by molar-refractivity contribution is 5.98. The molecule has 2 amide bonds. The molecule has 7 heteroatoms. The van der Waals surface area contributed by atoms with Crippen LogP contribution in [-0.2, 0) is 29.0 Å². The van der Waals surface area contributed by atoms with E-state index in [9.17, 15) is 9.59 Å². The first-order valence-electron chi connectivity index (χ1n) is 14.9. The van der Waals surface area contributed by atoms with Gasteiger partial charge in [-0.25, -0.2) is 4.79 Å². The number of ether oxygens (including phenoxy) is 1. The summed E-state index contributed by atoms with van der Waals surface area (Å²) in [5.41, 5.74) is 13.9. The van der Waals surface area contributed by atoms with Crippen LogP contribution in [0, 0.1) is 5.92 Å². The number of fused-ring (bicyclic) bond motifs is 1. The van der Waals surface area contributed by atoms with E-state index < -0.39 is 0 Å². The lowest BCUT2D eigenvalue weighted by Gasteiger charge is -2.35. The Bertz CT molecular complexity index is 1410. The summed E-state index contributed by atoms with van der Waals surface area (Å²) >= 11 is 0. The second kappa shape index (κ2) is 12.0. The molecule has 1 aliphatic heterocycles. The van der Waals surface area contributed by atoms with Gasteiger partial charge in [0.2, 0.25) is 5.91 Å². The lowest BCUT2D eigenvalue weighted by Crippen LogP contribution is -2.43. The molecule has 41 heavy (non-hydrogen) atoms. The van der Waals surface area contributed by atoms with Crippen LogP contribution in [0.25, 0.3) is 11.1 Å². The maximum atomic E-state index is 12.9. The molecule has 1 heterocycles. The highest BCUT2D eigenvalue weighted by Gasteiger charge is 2.31. The summed E-state index contributed by atoms with van der Waals surface area (Å²) in [6.07, 6.45) is 6.23. The summed E-state index contributed by atoms with van der Waals surface area (Å²) in [6, 6.07) is 23.7. The number of benzene rings is 3. The van der Waals surface area contributed by atoms with Crippen molar-refractivity contribution in [1.29, 1.82) is 0 Å². The SMILES string of the molecule is COC(=O)N(Cc1cccc(-c2ccc(N3CCc4ccccc4C3)c(NC(=O)C3CC3)c2)c1)C1CCC(N)CC1. The maximum Gasteiger partial charge on any atom is 0.410 e. The minimum absolute atomic E-state index is 0.107. The number of carbonyl (C=O) groups is 2. The van der Waals surface area contributed by atoms with Crippen molar-refractivity contribution in [2.75, 3.05) is 23.9 Å². The van der Waals surface area contributed by atoms with Gasteiger partial charge in [-0.3, -0.25) is 4.79 Å². The molecule has 0 bridgehead atoms. The molecular formula is C34H40N4O3. The minimum Gasteiger partial charge on any atom is -0.453 e. The first-order chi connectivity index (χ1) is 20.0. The molecule has 0 unspecified atom stereocenters. The highest BCUT2D eigenvalue weighted by Crippen LogP contribution is 2.37. The van der Waals surface area contributed by atoms with Gasteiger partial charge < -0.3 is 25.6 Å². The molecule has 0 spiro atoms. The number of anilines is 2. The quantitative estimate of drug-likeness (QED) is 0.370. The van der Waals surface area contributed by atoms with E-state index in [0.717, 1.165) is 86.1 Å². The highest BCUT2D eigenvalue weighted by atomic mass is 16.5. The van der Waals surface area contributed by atoms with Crippen molar-refractivity contribution in [2.45, 2.75) is 70.1 Å². The number of rotatable bonds is 7. The van der Waals surface area contributed by atoms with Gasteiger partial charge in [0, 0.05) is 37.6 Å². The standard InChI is InChI=1S/C34H40N4O3/c1-41-34(40)38(30-14-12-29(35)13-15-30)21-23-5-4-8-26(19-23)27-11-16-32(31(20-27)36-33(39)25-9-10-25)37-18-17-24-6-2-3-7-28(24)22-37/h2-8,11,16,19-20,25,29-30H,9-10,12-15,17-18,21-22,35H2,1H3,(H,36,39). The summed E-state index contributed by atoms with van der Waals surface area (Å²) in [6.45, 7) is 2.22. The normalized spacial score (nSPS) is 20.2. The number of amides is 2. The molecule has 3 N–H and O–H groups in total. The molecule has 2 fully saturated rings. The van der Waals surface area contributed by atoms with E-state index in [1.54, 1.807) is 0 Å². The first kappa shape index (κ1) is 27.3. The van der Waals surface area contributed by atoms with Gasteiger partial charge in [-0.15, -0.1) is 0 Å². The Kier molecular flexibility index (Phi) is 7.97. The van der Waals surface area contributed by atoms with Crippen LogP contribution in [0.2, 0.25) is 0 Å². The molecule has 0 aromatic heterocycles. The third-order valence-electron chi connectivity index (χ3n) is 8.88. The fourth-order valence-electron chi connectivity index (χ4n) is 6.29. The van der Waals surface area contributed by atoms with Crippen LogP contribution >= 0.6 is 0 Å². The third-order valence-corrected chi connectivity index (χ3v) is 8.88. The number of hydrogen-bond donors (Lipinski definition) is 2. The number of nitrogens with one attached hydrogen (secondary N) is 1. The number of nitrogens with zero attached hydrogens (tertiary/aromatic N) is 2. The molecule has 0 atom stereocenters. The van der Waals surface area contributed by atoms with Gasteiger partial charge in [-0.1, -0.05) is 48.5 Å². The minimum atomic E-state index is -0.298. The van der Waals surface area contributed by atoms with Gasteiger partial charge >= 0.3 is 6.09 Å². The summed E-state index contributed by atoms with van der Waals surface area (Å²) in [4.78, 5) is 29.9. The topological polar surface area (TPSA) is 87.9 Å². The van der Waals surface area contributed by atoms with E-state index in [-0.39, 0.29) is 30.0 Å². The largest absolute Gasteiger partial charge is 0.453 e. The second-order valence-corrected chi connectivity index (χ2v) is 11.8. The zero-order valence-electron chi connectivity index (χ0n) is 23.9. The average molecular weight is 553 g/mol. The molecular weight excluding hydrogens is 512 g/mol. The fraction of sp³-hybridized carbons (Fsp3) is 0.412. The first-order valence-corrected chi connectivity index (χ1v) is 14.9. The third kappa shape index (κ3) is 6.25. The van der Waals surface area contributed by atoms with E-state index in [0.29, 0.717) is 6.54 Å². The van der Waals surface area contributed by atoms with Crippen molar-refractivity contribution in [3.63, 3.8) is 0 Å². The van der Waals surface area contributed by atoms with Crippen LogP contribution in [0.5, 0.6) is 0 Å². The van der Waals surface area contributed by atoms with Gasteiger partial charge in [0.1, 0.15) is 0 Å². The van der Waals surface area contributed by atoms with Gasteiger partial charge in [-0.05, 0) is 91.0 Å².